The molecular formula is C14H12N4O2. The molecular weight excluding hydrogens is 256 g/mol. The van der Waals surface area contributed by atoms with Crippen molar-refractivity contribution in [3.05, 3.63) is 81.7 Å². The lowest BCUT2D eigenvalue weighted by molar-refractivity contribution is 0.735. The topological polar surface area (TPSA) is 72.7 Å². The van der Waals surface area contributed by atoms with Gasteiger partial charge in [-0.05, 0) is 17.7 Å². The van der Waals surface area contributed by atoms with Crippen LogP contribution in [0.4, 0.5) is 0 Å². The first-order valence-corrected chi connectivity index (χ1v) is 6.10. The largest absolute Gasteiger partial charge is 0.330 e. The number of nitrogens with one attached hydrogen (secondary N) is 1. The van der Waals surface area contributed by atoms with Crippen molar-refractivity contribution in [2.24, 2.45) is 0 Å². The summed E-state index contributed by atoms with van der Waals surface area (Å²) in [5, 5.41) is 0. The highest BCUT2D eigenvalue weighted by atomic mass is 16.1. The Hall–Kier alpha value is -2.89. The first-order chi connectivity index (χ1) is 9.74. The van der Waals surface area contributed by atoms with Gasteiger partial charge in [0.05, 0.1) is 18.6 Å². The zero-order valence-corrected chi connectivity index (χ0v) is 10.6. The zero-order chi connectivity index (χ0) is 13.9. The Morgan fingerprint density at radius 1 is 1.10 bits per heavy atom. The van der Waals surface area contributed by atoms with Crippen LogP contribution in [-0.2, 0) is 6.54 Å². The van der Waals surface area contributed by atoms with E-state index in [1.807, 2.05) is 24.3 Å². The van der Waals surface area contributed by atoms with Gasteiger partial charge in [0.15, 0.2) is 0 Å². The number of nitrogens with zero attached hydrogens (tertiary/aromatic N) is 3. The molecule has 2 aromatic heterocycles. The third-order valence-electron chi connectivity index (χ3n) is 3.01. The summed E-state index contributed by atoms with van der Waals surface area (Å²) >= 11 is 0. The van der Waals surface area contributed by atoms with Crippen LogP contribution in [0, 0.1) is 0 Å². The van der Waals surface area contributed by atoms with Crippen LogP contribution in [-0.4, -0.2) is 19.1 Å². The highest BCUT2D eigenvalue weighted by Crippen LogP contribution is 2.08. The van der Waals surface area contributed by atoms with Crippen molar-refractivity contribution >= 4 is 0 Å². The zero-order valence-electron chi connectivity index (χ0n) is 10.6. The first-order valence-electron chi connectivity index (χ1n) is 6.10. The van der Waals surface area contributed by atoms with Gasteiger partial charge in [-0.3, -0.25) is 13.9 Å². The molecule has 3 rings (SSSR count). The van der Waals surface area contributed by atoms with Crippen molar-refractivity contribution in [3.8, 4) is 5.69 Å². The molecule has 0 saturated carbocycles. The molecule has 0 aliphatic rings. The molecule has 1 N–H and O–H groups in total. The van der Waals surface area contributed by atoms with E-state index in [2.05, 4.69) is 9.97 Å². The van der Waals surface area contributed by atoms with Crippen LogP contribution >= 0.6 is 0 Å². The van der Waals surface area contributed by atoms with E-state index < -0.39 is 0 Å². The molecule has 100 valence electrons. The van der Waals surface area contributed by atoms with E-state index in [0.717, 1.165) is 11.3 Å². The summed E-state index contributed by atoms with van der Waals surface area (Å²) in [6.45, 7) is 0.453. The highest BCUT2D eigenvalue weighted by molar-refractivity contribution is 5.34. The minimum atomic E-state index is -0.179. The molecule has 0 saturated heterocycles. The number of benzene rings is 1. The van der Waals surface area contributed by atoms with E-state index in [9.17, 15) is 9.59 Å². The van der Waals surface area contributed by atoms with Crippen molar-refractivity contribution in [1.29, 1.82) is 0 Å². The van der Waals surface area contributed by atoms with Crippen molar-refractivity contribution in [1.82, 2.24) is 19.1 Å². The Kier molecular flexibility index (Phi) is 3.04. The van der Waals surface area contributed by atoms with Crippen molar-refractivity contribution in [2.75, 3.05) is 0 Å². The Morgan fingerprint density at radius 3 is 2.55 bits per heavy atom. The van der Waals surface area contributed by atoms with Crippen molar-refractivity contribution < 1.29 is 0 Å². The summed E-state index contributed by atoms with van der Waals surface area (Å²) in [5.74, 6) is 0. The molecule has 0 bridgehead atoms. The fourth-order valence-corrected chi connectivity index (χ4v) is 1.98. The Labute approximate surface area is 114 Å². The minimum absolute atomic E-state index is 0.0917. The van der Waals surface area contributed by atoms with Crippen LogP contribution < -0.4 is 11.2 Å². The lowest BCUT2D eigenvalue weighted by Gasteiger charge is -2.06. The standard InChI is InChI=1S/C14H12N4O2/c19-13-5-6-15-10-17(13)9-11-1-3-12(4-2-11)18-8-7-16-14(18)20/h1-8,10H,9H2,(H,16,20). The highest BCUT2D eigenvalue weighted by Gasteiger charge is 2.01. The molecule has 0 unspecified atom stereocenters. The monoisotopic (exact) mass is 268 g/mol. The Bertz CT molecular complexity index is 827. The number of aromatic amines is 1. The lowest BCUT2D eigenvalue weighted by atomic mass is 10.2. The molecule has 0 spiro atoms. The summed E-state index contributed by atoms with van der Waals surface area (Å²) in [7, 11) is 0. The van der Waals surface area contributed by atoms with Crippen molar-refractivity contribution in [2.45, 2.75) is 6.54 Å². The minimum Gasteiger partial charge on any atom is -0.312 e. The van der Waals surface area contributed by atoms with Gasteiger partial charge in [-0.25, -0.2) is 9.78 Å². The summed E-state index contributed by atoms with van der Waals surface area (Å²) in [6.07, 6.45) is 6.24. The fourth-order valence-electron chi connectivity index (χ4n) is 1.98. The van der Waals surface area contributed by atoms with E-state index in [1.54, 1.807) is 12.4 Å². The molecule has 6 nitrogen and oxygen atoms in total. The number of hydrogen-bond donors (Lipinski definition) is 1. The molecule has 0 atom stereocenters. The number of aromatic nitrogens is 4. The van der Waals surface area contributed by atoms with E-state index >= 15 is 0 Å². The predicted octanol–water partition coefficient (Wildman–Crippen LogP) is 0.771. The second kappa shape index (κ2) is 5.00. The Balaban J connectivity index is 1.87. The van der Waals surface area contributed by atoms with Gasteiger partial charge in [0.2, 0.25) is 0 Å². The van der Waals surface area contributed by atoms with Crippen LogP contribution in [0.25, 0.3) is 5.69 Å². The van der Waals surface area contributed by atoms with Gasteiger partial charge in [0.1, 0.15) is 0 Å². The van der Waals surface area contributed by atoms with Gasteiger partial charge in [0, 0.05) is 24.7 Å². The number of imidazole rings is 1. The molecule has 3 aromatic rings. The fraction of sp³-hybridized carbons (Fsp3) is 0.0714. The second-order valence-corrected chi connectivity index (χ2v) is 4.35. The molecule has 0 amide bonds. The summed E-state index contributed by atoms with van der Waals surface area (Å²) < 4.78 is 3.04. The molecule has 0 fully saturated rings. The number of rotatable bonds is 3. The molecule has 6 heteroatoms. The third kappa shape index (κ3) is 2.31. The van der Waals surface area contributed by atoms with Gasteiger partial charge >= 0.3 is 5.69 Å². The maximum atomic E-state index is 11.6. The summed E-state index contributed by atoms with van der Waals surface area (Å²) in [5.41, 5.74) is 1.47. The lowest BCUT2D eigenvalue weighted by Crippen LogP contribution is -2.19. The van der Waals surface area contributed by atoms with Crippen LogP contribution in [0.1, 0.15) is 5.56 Å². The molecule has 2 heterocycles. The van der Waals surface area contributed by atoms with Crippen LogP contribution in [0.5, 0.6) is 0 Å². The van der Waals surface area contributed by atoms with Gasteiger partial charge in [-0.2, -0.15) is 0 Å². The molecule has 0 aliphatic carbocycles. The second-order valence-electron chi connectivity index (χ2n) is 4.35. The van der Waals surface area contributed by atoms with Crippen molar-refractivity contribution in [3.63, 3.8) is 0 Å². The van der Waals surface area contributed by atoms with Gasteiger partial charge in [-0.15, -0.1) is 0 Å². The summed E-state index contributed by atoms with van der Waals surface area (Å²) in [4.78, 5) is 29.6. The smallest absolute Gasteiger partial charge is 0.312 e. The predicted molar refractivity (Wildman–Crippen MR) is 74.0 cm³/mol. The first kappa shape index (κ1) is 12.2. The van der Waals surface area contributed by atoms with E-state index in [0.29, 0.717) is 6.54 Å². The van der Waals surface area contributed by atoms with E-state index in [1.165, 1.54) is 27.7 Å². The number of hydrogen-bond acceptors (Lipinski definition) is 3. The maximum Gasteiger partial charge on any atom is 0.330 e. The third-order valence-corrected chi connectivity index (χ3v) is 3.01. The van der Waals surface area contributed by atoms with E-state index in [-0.39, 0.29) is 11.2 Å². The number of H-pyrrole nitrogens is 1. The Morgan fingerprint density at radius 2 is 1.90 bits per heavy atom. The average molecular weight is 268 g/mol. The SMILES string of the molecule is O=c1ccncn1Cc1ccc(-n2cc[nH]c2=O)cc1. The van der Waals surface area contributed by atoms with Crippen LogP contribution in [0.15, 0.2) is 64.8 Å². The van der Waals surface area contributed by atoms with Crippen LogP contribution in [0.3, 0.4) is 0 Å². The molecule has 1 aromatic carbocycles. The quantitative estimate of drug-likeness (QED) is 0.762. The van der Waals surface area contributed by atoms with Gasteiger partial charge in [0.25, 0.3) is 5.56 Å². The molecule has 0 aliphatic heterocycles. The normalized spacial score (nSPS) is 10.6. The maximum absolute atomic E-state index is 11.6. The summed E-state index contributed by atoms with van der Waals surface area (Å²) in [6, 6.07) is 8.87. The van der Waals surface area contributed by atoms with Gasteiger partial charge < -0.3 is 4.98 Å². The molecule has 0 radical (unpaired) electrons. The average Bonchev–Trinajstić information content (AvgIpc) is 2.89. The van der Waals surface area contributed by atoms with Crippen LogP contribution in [0.2, 0.25) is 0 Å². The van der Waals surface area contributed by atoms with E-state index in [4.69, 9.17) is 0 Å². The molecule has 20 heavy (non-hydrogen) atoms. The van der Waals surface area contributed by atoms with Gasteiger partial charge in [-0.1, -0.05) is 12.1 Å².